The predicted molar refractivity (Wildman–Crippen MR) is 82.3 cm³/mol. The second kappa shape index (κ2) is 4.78. The van der Waals surface area contributed by atoms with Gasteiger partial charge in [-0.3, -0.25) is 0 Å². The average Bonchev–Trinajstić information content (AvgIpc) is 2.49. The lowest BCUT2D eigenvalue weighted by molar-refractivity contribution is 0.822. The molecule has 1 aliphatic heterocycles. The fourth-order valence-corrected chi connectivity index (χ4v) is 2.60. The Kier molecular flexibility index (Phi) is 2.96. The topological polar surface area (TPSA) is 56.3 Å². The third-order valence-electron chi connectivity index (χ3n) is 3.69. The van der Waals surface area contributed by atoms with Gasteiger partial charge in [-0.25, -0.2) is 0 Å². The quantitative estimate of drug-likeness (QED) is 0.805. The predicted octanol–water partition coefficient (Wildman–Crippen LogP) is 2.73. The Balaban J connectivity index is 2.13. The Labute approximate surface area is 118 Å². The highest BCUT2D eigenvalue weighted by Gasteiger charge is 2.22. The second-order valence-corrected chi connectivity index (χ2v) is 4.95. The van der Waals surface area contributed by atoms with Gasteiger partial charge in [-0.15, -0.1) is 0 Å². The molecule has 1 heterocycles. The molecule has 0 aromatic heterocycles. The third-order valence-corrected chi connectivity index (χ3v) is 3.69. The summed E-state index contributed by atoms with van der Waals surface area (Å²) < 4.78 is 0. The van der Waals surface area contributed by atoms with E-state index in [2.05, 4.69) is 35.0 Å². The maximum absolute atomic E-state index is 9.07. The number of hydrogen-bond acceptors (Lipinski definition) is 4. The van der Waals surface area contributed by atoms with E-state index in [4.69, 9.17) is 11.0 Å². The molecule has 0 bridgehead atoms. The Morgan fingerprint density at radius 3 is 2.55 bits per heavy atom. The van der Waals surface area contributed by atoms with Crippen molar-refractivity contribution in [2.45, 2.75) is 0 Å². The normalized spacial score (nSPS) is 13.8. The number of hydrogen-bond donors (Lipinski definition) is 1. The van der Waals surface area contributed by atoms with Crippen molar-refractivity contribution in [3.8, 4) is 6.07 Å². The largest absolute Gasteiger partial charge is 0.397 e. The third kappa shape index (κ3) is 1.94. The molecule has 0 saturated heterocycles. The molecule has 0 atom stereocenters. The Morgan fingerprint density at radius 2 is 1.80 bits per heavy atom. The van der Waals surface area contributed by atoms with Crippen LogP contribution in [-0.2, 0) is 0 Å². The fourth-order valence-electron chi connectivity index (χ4n) is 2.60. The van der Waals surface area contributed by atoms with E-state index in [0.717, 1.165) is 24.5 Å². The van der Waals surface area contributed by atoms with E-state index >= 15 is 0 Å². The summed E-state index contributed by atoms with van der Waals surface area (Å²) in [7, 11) is 2.09. The van der Waals surface area contributed by atoms with Crippen molar-refractivity contribution in [3.05, 3.63) is 48.0 Å². The van der Waals surface area contributed by atoms with Crippen molar-refractivity contribution in [2.24, 2.45) is 0 Å². The van der Waals surface area contributed by atoms with Gasteiger partial charge < -0.3 is 15.5 Å². The van der Waals surface area contributed by atoms with Crippen molar-refractivity contribution in [2.75, 3.05) is 35.7 Å². The standard InChI is InChI=1S/C16H16N4/c1-19-8-9-20(15-5-3-2-4-14(15)19)16-10-12(11-17)6-7-13(16)18/h2-7,10H,8-9,18H2,1H3. The molecule has 0 spiro atoms. The van der Waals surface area contributed by atoms with Crippen LogP contribution < -0.4 is 15.5 Å². The van der Waals surface area contributed by atoms with Crippen molar-refractivity contribution in [1.82, 2.24) is 0 Å². The Morgan fingerprint density at radius 1 is 1.05 bits per heavy atom. The van der Waals surface area contributed by atoms with Gasteiger partial charge in [-0.05, 0) is 30.3 Å². The molecule has 0 radical (unpaired) electrons. The maximum atomic E-state index is 9.07. The van der Waals surface area contributed by atoms with Gasteiger partial charge in [0.1, 0.15) is 0 Å². The van der Waals surface area contributed by atoms with E-state index in [0.29, 0.717) is 11.3 Å². The molecule has 2 aromatic rings. The number of nitrogens with two attached hydrogens (primary N) is 1. The van der Waals surface area contributed by atoms with E-state index in [1.54, 1.807) is 12.1 Å². The Hall–Kier alpha value is -2.67. The second-order valence-electron chi connectivity index (χ2n) is 4.95. The molecule has 0 unspecified atom stereocenters. The number of likely N-dealkylation sites (N-methyl/N-ethyl adjacent to an activating group) is 1. The zero-order chi connectivity index (χ0) is 14.1. The molecular formula is C16H16N4. The minimum absolute atomic E-state index is 0.630. The summed E-state index contributed by atoms with van der Waals surface area (Å²) in [6, 6.07) is 15.8. The monoisotopic (exact) mass is 264 g/mol. The zero-order valence-electron chi connectivity index (χ0n) is 11.4. The first-order chi connectivity index (χ1) is 9.70. The number of nitrogen functional groups attached to an aromatic ring is 1. The van der Waals surface area contributed by atoms with E-state index in [1.807, 2.05) is 18.2 Å². The molecule has 20 heavy (non-hydrogen) atoms. The number of fused-ring (bicyclic) bond motifs is 1. The molecule has 0 saturated carbocycles. The lowest BCUT2D eigenvalue weighted by Crippen LogP contribution is -2.36. The summed E-state index contributed by atoms with van der Waals surface area (Å²) in [6.45, 7) is 1.78. The Bertz CT molecular complexity index is 687. The lowest BCUT2D eigenvalue weighted by Gasteiger charge is -2.37. The summed E-state index contributed by atoms with van der Waals surface area (Å²) >= 11 is 0. The molecule has 0 fully saturated rings. The molecule has 2 aromatic carbocycles. The van der Waals surface area contributed by atoms with Crippen LogP contribution in [0.2, 0.25) is 0 Å². The summed E-state index contributed by atoms with van der Waals surface area (Å²) in [5.41, 5.74) is 10.6. The maximum Gasteiger partial charge on any atom is 0.0992 e. The SMILES string of the molecule is CN1CCN(c2cc(C#N)ccc2N)c2ccccc21. The van der Waals surface area contributed by atoms with E-state index in [-0.39, 0.29) is 0 Å². The summed E-state index contributed by atoms with van der Waals surface area (Å²) in [4.78, 5) is 4.42. The van der Waals surface area contributed by atoms with Gasteiger partial charge >= 0.3 is 0 Å². The first-order valence-corrected chi connectivity index (χ1v) is 6.58. The molecule has 1 aliphatic rings. The molecule has 3 rings (SSSR count). The molecule has 100 valence electrons. The van der Waals surface area contributed by atoms with Gasteiger partial charge in [0.25, 0.3) is 0 Å². The molecule has 0 amide bonds. The van der Waals surface area contributed by atoms with Gasteiger partial charge in [0.15, 0.2) is 0 Å². The van der Waals surface area contributed by atoms with Crippen LogP contribution in [0.1, 0.15) is 5.56 Å². The first-order valence-electron chi connectivity index (χ1n) is 6.58. The summed E-state index contributed by atoms with van der Waals surface area (Å²) in [5.74, 6) is 0. The average molecular weight is 264 g/mol. The molecule has 4 nitrogen and oxygen atoms in total. The summed E-state index contributed by atoms with van der Waals surface area (Å²) in [6.07, 6.45) is 0. The molecule has 4 heteroatoms. The van der Waals surface area contributed by atoms with Crippen LogP contribution in [0.3, 0.4) is 0 Å². The van der Waals surface area contributed by atoms with Gasteiger partial charge in [0.2, 0.25) is 0 Å². The van der Waals surface area contributed by atoms with Crippen LogP contribution in [0.25, 0.3) is 0 Å². The van der Waals surface area contributed by atoms with Gasteiger partial charge in [-0.1, -0.05) is 12.1 Å². The minimum atomic E-state index is 0.630. The highest BCUT2D eigenvalue weighted by atomic mass is 15.3. The zero-order valence-corrected chi connectivity index (χ0v) is 11.4. The molecule has 2 N–H and O–H groups in total. The number of rotatable bonds is 1. The fraction of sp³-hybridized carbons (Fsp3) is 0.188. The number of benzene rings is 2. The number of nitrogens with zero attached hydrogens (tertiary/aromatic N) is 3. The number of para-hydroxylation sites is 2. The van der Waals surface area contributed by atoms with Crippen LogP contribution in [0.4, 0.5) is 22.7 Å². The van der Waals surface area contributed by atoms with E-state index < -0.39 is 0 Å². The minimum Gasteiger partial charge on any atom is -0.397 e. The number of nitriles is 1. The smallest absolute Gasteiger partial charge is 0.0992 e. The van der Waals surface area contributed by atoms with Gasteiger partial charge in [0.05, 0.1) is 34.4 Å². The summed E-state index contributed by atoms with van der Waals surface area (Å²) in [5, 5.41) is 9.07. The molecule has 0 aliphatic carbocycles. The van der Waals surface area contributed by atoms with Gasteiger partial charge in [-0.2, -0.15) is 5.26 Å². The van der Waals surface area contributed by atoms with Crippen LogP contribution in [-0.4, -0.2) is 20.1 Å². The van der Waals surface area contributed by atoms with Crippen molar-refractivity contribution < 1.29 is 0 Å². The highest BCUT2D eigenvalue weighted by molar-refractivity contribution is 5.84. The van der Waals surface area contributed by atoms with Crippen LogP contribution >= 0.6 is 0 Å². The van der Waals surface area contributed by atoms with Crippen LogP contribution in [0.5, 0.6) is 0 Å². The van der Waals surface area contributed by atoms with E-state index in [1.165, 1.54) is 5.69 Å². The number of anilines is 4. The first kappa shape index (κ1) is 12.4. The van der Waals surface area contributed by atoms with Crippen LogP contribution in [0.15, 0.2) is 42.5 Å². The molecular weight excluding hydrogens is 248 g/mol. The van der Waals surface area contributed by atoms with Crippen molar-refractivity contribution >= 4 is 22.7 Å². The van der Waals surface area contributed by atoms with Crippen LogP contribution in [0, 0.1) is 11.3 Å². The van der Waals surface area contributed by atoms with Crippen molar-refractivity contribution in [3.63, 3.8) is 0 Å². The highest BCUT2D eigenvalue weighted by Crippen LogP contribution is 2.39. The lowest BCUT2D eigenvalue weighted by atomic mass is 10.1. The van der Waals surface area contributed by atoms with E-state index in [9.17, 15) is 0 Å². The van der Waals surface area contributed by atoms with Gasteiger partial charge in [0, 0.05) is 20.1 Å². The van der Waals surface area contributed by atoms with Crippen molar-refractivity contribution in [1.29, 1.82) is 5.26 Å².